The Morgan fingerprint density at radius 2 is 2.00 bits per heavy atom. The summed E-state index contributed by atoms with van der Waals surface area (Å²) in [7, 11) is 0. The van der Waals surface area contributed by atoms with Crippen LogP contribution in [0.5, 0.6) is 0 Å². The quantitative estimate of drug-likeness (QED) is 0.639. The highest BCUT2D eigenvalue weighted by molar-refractivity contribution is 7.13. The van der Waals surface area contributed by atoms with Crippen molar-refractivity contribution in [1.82, 2.24) is 0 Å². The van der Waals surface area contributed by atoms with Crippen molar-refractivity contribution in [1.29, 1.82) is 0 Å². The predicted molar refractivity (Wildman–Crippen MR) is 57.3 cm³/mol. The van der Waals surface area contributed by atoms with Crippen LogP contribution in [0.2, 0.25) is 0 Å². The summed E-state index contributed by atoms with van der Waals surface area (Å²) in [4.78, 5) is 12.4. The third kappa shape index (κ3) is 3.18. The van der Waals surface area contributed by atoms with Crippen LogP contribution in [0.3, 0.4) is 0 Å². The molecule has 0 aliphatic heterocycles. The van der Waals surface area contributed by atoms with Crippen LogP contribution in [-0.2, 0) is 0 Å². The second-order valence-electron chi connectivity index (χ2n) is 2.51. The summed E-state index contributed by atoms with van der Waals surface area (Å²) in [6.07, 6.45) is 0.899. The molecule has 0 spiro atoms. The molecule has 1 aromatic heterocycles. The average molecular weight is 186 g/mol. The molecule has 0 saturated carbocycles. The standard InChI is InChI=1S/C8H10OS.C2H6.H2/c1-6(2)8-4-3-7(5-9)10-8;1-2;/h3-6H,1-2H3;1-2H3;1H. The Balaban J connectivity index is 0. The zero-order chi connectivity index (χ0) is 9.56. The maximum atomic E-state index is 10.3. The lowest BCUT2D eigenvalue weighted by Gasteiger charge is -1.96. The maximum Gasteiger partial charge on any atom is 0.160 e. The monoisotopic (exact) mass is 186 g/mol. The lowest BCUT2D eigenvalue weighted by molar-refractivity contribution is 0.112. The molecule has 0 N–H and O–H groups in total. The molecule has 1 rings (SSSR count). The molecule has 1 aromatic rings. The van der Waals surface area contributed by atoms with Crippen molar-refractivity contribution >= 4 is 17.6 Å². The van der Waals surface area contributed by atoms with E-state index < -0.39 is 0 Å². The molecule has 1 nitrogen and oxygen atoms in total. The van der Waals surface area contributed by atoms with Crippen LogP contribution in [0.1, 0.15) is 49.6 Å². The fourth-order valence-electron chi connectivity index (χ4n) is 0.742. The first-order chi connectivity index (χ1) is 5.74. The van der Waals surface area contributed by atoms with Crippen LogP contribution < -0.4 is 0 Å². The van der Waals surface area contributed by atoms with Crippen LogP contribution in [-0.4, -0.2) is 6.29 Å². The molecule has 0 aliphatic rings. The number of hydrogen-bond donors (Lipinski definition) is 0. The molecule has 0 fully saturated rings. The molecule has 12 heavy (non-hydrogen) atoms. The number of aldehydes is 1. The summed E-state index contributed by atoms with van der Waals surface area (Å²) in [6.45, 7) is 8.25. The van der Waals surface area contributed by atoms with Crippen molar-refractivity contribution in [2.75, 3.05) is 0 Å². The Labute approximate surface area is 79.9 Å². The number of rotatable bonds is 2. The molecule has 1 heterocycles. The number of thiophene rings is 1. The lowest BCUT2D eigenvalue weighted by Crippen LogP contribution is -1.77. The SMILES string of the molecule is CC.CC(C)c1ccc(C=O)s1.[HH]. The van der Waals surface area contributed by atoms with E-state index in [0.29, 0.717) is 5.92 Å². The molecule has 2 heteroatoms. The third-order valence-electron chi connectivity index (χ3n) is 1.33. The number of hydrogen-bond acceptors (Lipinski definition) is 2. The van der Waals surface area contributed by atoms with Gasteiger partial charge in [0.2, 0.25) is 0 Å². The van der Waals surface area contributed by atoms with Crippen LogP contribution >= 0.6 is 11.3 Å². The summed E-state index contributed by atoms with van der Waals surface area (Å²) in [5, 5.41) is 0. The molecule has 0 atom stereocenters. The van der Waals surface area contributed by atoms with E-state index in [2.05, 4.69) is 13.8 Å². The smallest absolute Gasteiger partial charge is 0.160 e. The summed E-state index contributed by atoms with van der Waals surface area (Å²) < 4.78 is 0. The normalized spacial score (nSPS) is 9.08. The largest absolute Gasteiger partial charge is 0.297 e. The van der Waals surface area contributed by atoms with Gasteiger partial charge in [-0.3, -0.25) is 4.79 Å². The van der Waals surface area contributed by atoms with E-state index in [1.165, 1.54) is 4.88 Å². The molecular formula is C10H18OS. The van der Waals surface area contributed by atoms with Gasteiger partial charge in [0.05, 0.1) is 4.88 Å². The summed E-state index contributed by atoms with van der Waals surface area (Å²) in [6, 6.07) is 3.88. The summed E-state index contributed by atoms with van der Waals surface area (Å²) in [5.41, 5.74) is 0. The first-order valence-corrected chi connectivity index (χ1v) is 5.10. The van der Waals surface area contributed by atoms with Gasteiger partial charge in [0, 0.05) is 6.30 Å². The molecule has 0 saturated heterocycles. The van der Waals surface area contributed by atoms with E-state index in [1.54, 1.807) is 11.3 Å². The minimum atomic E-state index is 0. The summed E-state index contributed by atoms with van der Waals surface area (Å²) in [5.74, 6) is 0.540. The van der Waals surface area contributed by atoms with Gasteiger partial charge < -0.3 is 0 Å². The minimum Gasteiger partial charge on any atom is -0.297 e. The molecule has 70 valence electrons. The van der Waals surface area contributed by atoms with Gasteiger partial charge in [-0.15, -0.1) is 11.3 Å². The van der Waals surface area contributed by atoms with Crippen LogP contribution in [0.15, 0.2) is 12.1 Å². The molecule has 0 aromatic carbocycles. The predicted octanol–water partition coefficient (Wildman–Crippen LogP) is 3.96. The van der Waals surface area contributed by atoms with Gasteiger partial charge in [0.15, 0.2) is 6.29 Å². The van der Waals surface area contributed by atoms with E-state index >= 15 is 0 Å². The maximum absolute atomic E-state index is 10.3. The Kier molecular flexibility index (Phi) is 5.64. The Morgan fingerprint density at radius 1 is 1.42 bits per heavy atom. The average Bonchev–Trinajstić information content (AvgIpc) is 2.55. The fraction of sp³-hybridized carbons (Fsp3) is 0.500. The Bertz CT molecular complexity index is 231. The van der Waals surface area contributed by atoms with E-state index in [1.807, 2.05) is 26.0 Å². The van der Waals surface area contributed by atoms with Gasteiger partial charge in [0.1, 0.15) is 0 Å². The van der Waals surface area contributed by atoms with Gasteiger partial charge in [-0.1, -0.05) is 27.7 Å². The minimum absolute atomic E-state index is 0. The molecule has 0 unspecified atom stereocenters. The van der Waals surface area contributed by atoms with E-state index in [9.17, 15) is 4.79 Å². The first-order valence-electron chi connectivity index (χ1n) is 4.29. The number of carbonyl (C=O) groups is 1. The third-order valence-corrected chi connectivity index (χ3v) is 2.64. The highest BCUT2D eigenvalue weighted by Crippen LogP contribution is 2.22. The molecule has 0 radical (unpaired) electrons. The van der Waals surface area contributed by atoms with Crippen LogP contribution in [0.4, 0.5) is 0 Å². The van der Waals surface area contributed by atoms with E-state index in [-0.39, 0.29) is 1.43 Å². The van der Waals surface area contributed by atoms with E-state index in [0.717, 1.165) is 11.2 Å². The van der Waals surface area contributed by atoms with Gasteiger partial charge in [-0.2, -0.15) is 0 Å². The van der Waals surface area contributed by atoms with E-state index in [4.69, 9.17) is 0 Å². The molecule has 0 amide bonds. The first kappa shape index (κ1) is 11.4. The second kappa shape index (κ2) is 5.95. The highest BCUT2D eigenvalue weighted by atomic mass is 32.1. The molecule has 0 aliphatic carbocycles. The number of carbonyl (C=O) groups excluding carboxylic acids is 1. The molecule has 0 bridgehead atoms. The van der Waals surface area contributed by atoms with Crippen molar-refractivity contribution < 1.29 is 6.22 Å². The van der Waals surface area contributed by atoms with Crippen LogP contribution in [0.25, 0.3) is 0 Å². The lowest BCUT2D eigenvalue weighted by atomic mass is 10.2. The zero-order valence-corrected chi connectivity index (χ0v) is 8.94. The van der Waals surface area contributed by atoms with Crippen molar-refractivity contribution in [3.63, 3.8) is 0 Å². The Hall–Kier alpha value is -0.630. The molecular weight excluding hydrogens is 168 g/mol. The van der Waals surface area contributed by atoms with Gasteiger partial charge >= 0.3 is 0 Å². The van der Waals surface area contributed by atoms with Gasteiger partial charge in [0.25, 0.3) is 0 Å². The van der Waals surface area contributed by atoms with Crippen molar-refractivity contribution in [2.24, 2.45) is 0 Å². The summed E-state index contributed by atoms with van der Waals surface area (Å²) >= 11 is 1.57. The van der Waals surface area contributed by atoms with Crippen molar-refractivity contribution in [2.45, 2.75) is 33.6 Å². The zero-order valence-electron chi connectivity index (χ0n) is 8.13. The van der Waals surface area contributed by atoms with Crippen LogP contribution in [0, 0.1) is 0 Å². The topological polar surface area (TPSA) is 17.1 Å². The Morgan fingerprint density at radius 3 is 2.25 bits per heavy atom. The highest BCUT2D eigenvalue weighted by Gasteiger charge is 2.01. The van der Waals surface area contributed by atoms with Gasteiger partial charge in [-0.05, 0) is 18.1 Å². The van der Waals surface area contributed by atoms with Crippen molar-refractivity contribution in [3.8, 4) is 0 Å². The second-order valence-corrected chi connectivity index (χ2v) is 3.66. The fourth-order valence-corrected chi connectivity index (χ4v) is 1.57. The van der Waals surface area contributed by atoms with Gasteiger partial charge in [-0.25, -0.2) is 0 Å². The van der Waals surface area contributed by atoms with Crippen molar-refractivity contribution in [3.05, 3.63) is 21.9 Å².